The average Bonchev–Trinajstić information content (AvgIpc) is 3.20. The lowest BCUT2D eigenvalue weighted by atomic mass is 10.2. The number of aliphatic imine (C=N–C) groups is 1. The summed E-state index contributed by atoms with van der Waals surface area (Å²) in [5, 5.41) is 3.46. The van der Waals surface area contributed by atoms with E-state index in [0.717, 1.165) is 37.9 Å². The first-order valence-corrected chi connectivity index (χ1v) is 9.25. The van der Waals surface area contributed by atoms with Crippen LogP contribution in [0.1, 0.15) is 11.8 Å². The zero-order valence-electron chi connectivity index (χ0n) is 16.6. The quantitative estimate of drug-likeness (QED) is 0.388. The van der Waals surface area contributed by atoms with Crippen LogP contribution in [-0.4, -0.2) is 69.6 Å². The molecule has 1 unspecified atom stereocenters. The molecule has 0 radical (unpaired) electrons. The minimum atomic E-state index is -0.166. The van der Waals surface area contributed by atoms with Crippen molar-refractivity contribution in [1.29, 1.82) is 0 Å². The number of guanidine groups is 1. The van der Waals surface area contributed by atoms with Crippen LogP contribution < -0.4 is 10.2 Å². The van der Waals surface area contributed by atoms with Gasteiger partial charge < -0.3 is 19.5 Å². The highest BCUT2D eigenvalue weighted by Crippen LogP contribution is 2.21. The van der Waals surface area contributed by atoms with Gasteiger partial charge in [0.25, 0.3) is 0 Å². The van der Waals surface area contributed by atoms with Gasteiger partial charge in [-0.2, -0.15) is 0 Å². The number of benzene rings is 1. The predicted octanol–water partition coefficient (Wildman–Crippen LogP) is 3.04. The van der Waals surface area contributed by atoms with Crippen LogP contribution in [0.25, 0.3) is 0 Å². The second-order valence-corrected chi connectivity index (χ2v) is 6.85. The first kappa shape index (κ1) is 22.5. The van der Waals surface area contributed by atoms with E-state index in [1.807, 2.05) is 38.4 Å². The lowest BCUT2D eigenvalue weighted by molar-refractivity contribution is 0.255. The van der Waals surface area contributed by atoms with Crippen molar-refractivity contribution in [3.63, 3.8) is 0 Å². The summed E-state index contributed by atoms with van der Waals surface area (Å²) < 4.78 is 19.6. The van der Waals surface area contributed by atoms with Crippen molar-refractivity contribution < 1.29 is 8.81 Å². The Labute approximate surface area is 183 Å². The molecule has 28 heavy (non-hydrogen) atoms. The summed E-state index contributed by atoms with van der Waals surface area (Å²) in [6.07, 6.45) is 1.70. The number of likely N-dealkylation sites (N-methyl/N-ethyl adjacent to an activating group) is 1. The molecule has 0 saturated carbocycles. The number of hydrogen-bond acceptors (Lipinski definition) is 4. The van der Waals surface area contributed by atoms with Crippen LogP contribution in [0.2, 0.25) is 0 Å². The first-order valence-electron chi connectivity index (χ1n) is 9.25. The maximum Gasteiger partial charge on any atom is 0.193 e. The van der Waals surface area contributed by atoms with Gasteiger partial charge in [-0.25, -0.2) is 4.39 Å². The predicted molar refractivity (Wildman–Crippen MR) is 122 cm³/mol. The summed E-state index contributed by atoms with van der Waals surface area (Å²) in [5.74, 6) is 1.62. The highest BCUT2D eigenvalue weighted by molar-refractivity contribution is 14.0. The Balaban J connectivity index is 0.00000280. The molecular formula is C20H29FIN5O. The maximum absolute atomic E-state index is 14.0. The van der Waals surface area contributed by atoms with Crippen molar-refractivity contribution in [2.24, 2.45) is 4.99 Å². The SMILES string of the molecule is CN=C(NCC(c1ccco1)N(C)C)N1CCN(c2ccccc2F)CC1.I. The molecular weight excluding hydrogens is 472 g/mol. The molecule has 1 N–H and O–H groups in total. The van der Waals surface area contributed by atoms with E-state index < -0.39 is 0 Å². The molecule has 1 saturated heterocycles. The van der Waals surface area contributed by atoms with Gasteiger partial charge in [0, 0.05) is 39.8 Å². The van der Waals surface area contributed by atoms with Crippen LogP contribution in [0.4, 0.5) is 10.1 Å². The molecule has 154 valence electrons. The summed E-state index contributed by atoms with van der Waals surface area (Å²) in [4.78, 5) is 10.9. The molecule has 1 aliphatic rings. The Morgan fingerprint density at radius 2 is 1.89 bits per heavy atom. The third kappa shape index (κ3) is 5.38. The topological polar surface area (TPSA) is 47.3 Å². The van der Waals surface area contributed by atoms with Gasteiger partial charge in [0.15, 0.2) is 5.96 Å². The number of halogens is 2. The van der Waals surface area contributed by atoms with Crippen LogP contribution in [0.15, 0.2) is 52.1 Å². The van der Waals surface area contributed by atoms with Gasteiger partial charge in [0.1, 0.15) is 11.6 Å². The summed E-state index contributed by atoms with van der Waals surface area (Å²) in [6, 6.07) is 11.0. The van der Waals surface area contributed by atoms with Crippen molar-refractivity contribution in [3.05, 3.63) is 54.2 Å². The summed E-state index contributed by atoms with van der Waals surface area (Å²) in [7, 11) is 5.86. The van der Waals surface area contributed by atoms with Gasteiger partial charge in [0.2, 0.25) is 0 Å². The van der Waals surface area contributed by atoms with E-state index in [1.54, 1.807) is 19.4 Å². The smallest absolute Gasteiger partial charge is 0.193 e. The van der Waals surface area contributed by atoms with Crippen LogP contribution >= 0.6 is 24.0 Å². The number of nitrogens with zero attached hydrogens (tertiary/aromatic N) is 4. The Morgan fingerprint density at radius 1 is 1.18 bits per heavy atom. The van der Waals surface area contributed by atoms with Gasteiger partial charge >= 0.3 is 0 Å². The average molecular weight is 501 g/mol. The fourth-order valence-electron chi connectivity index (χ4n) is 3.41. The Morgan fingerprint density at radius 3 is 2.46 bits per heavy atom. The van der Waals surface area contributed by atoms with E-state index in [9.17, 15) is 4.39 Å². The summed E-state index contributed by atoms with van der Waals surface area (Å²) >= 11 is 0. The van der Waals surface area contributed by atoms with Crippen molar-refractivity contribution in [3.8, 4) is 0 Å². The lowest BCUT2D eigenvalue weighted by Gasteiger charge is -2.38. The van der Waals surface area contributed by atoms with E-state index in [0.29, 0.717) is 12.2 Å². The number of hydrogen-bond donors (Lipinski definition) is 1. The Bertz CT molecular complexity index is 745. The van der Waals surface area contributed by atoms with E-state index >= 15 is 0 Å². The molecule has 0 aliphatic carbocycles. The number of piperazine rings is 1. The van der Waals surface area contributed by atoms with Gasteiger partial charge in [0.05, 0.1) is 18.0 Å². The second kappa shape index (κ2) is 10.7. The number of para-hydroxylation sites is 1. The van der Waals surface area contributed by atoms with E-state index in [2.05, 4.69) is 25.0 Å². The molecule has 6 nitrogen and oxygen atoms in total. The maximum atomic E-state index is 14.0. The van der Waals surface area contributed by atoms with Crippen molar-refractivity contribution in [2.75, 3.05) is 58.8 Å². The third-order valence-electron chi connectivity index (χ3n) is 4.93. The van der Waals surface area contributed by atoms with E-state index in [1.165, 1.54) is 6.07 Å². The normalized spacial score (nSPS) is 16.1. The zero-order valence-corrected chi connectivity index (χ0v) is 19.0. The third-order valence-corrected chi connectivity index (χ3v) is 4.93. The van der Waals surface area contributed by atoms with E-state index in [-0.39, 0.29) is 35.8 Å². The lowest BCUT2D eigenvalue weighted by Crippen LogP contribution is -2.53. The van der Waals surface area contributed by atoms with Crippen molar-refractivity contribution >= 4 is 35.6 Å². The minimum Gasteiger partial charge on any atom is -0.468 e. The Hall–Kier alpha value is -1.81. The first-order chi connectivity index (χ1) is 13.1. The molecule has 0 amide bonds. The Kier molecular flexibility index (Phi) is 8.56. The largest absolute Gasteiger partial charge is 0.468 e. The standard InChI is InChI=1S/C20H28FN5O.HI/c1-22-20(23-15-18(24(2)3)19-9-6-14-27-19)26-12-10-25(11-13-26)17-8-5-4-7-16(17)21;/h4-9,14,18H,10-13,15H2,1-3H3,(H,22,23);1H. The zero-order chi connectivity index (χ0) is 19.2. The van der Waals surface area contributed by atoms with Crippen molar-refractivity contribution in [2.45, 2.75) is 6.04 Å². The highest BCUT2D eigenvalue weighted by atomic mass is 127. The van der Waals surface area contributed by atoms with Gasteiger partial charge in [-0.3, -0.25) is 9.89 Å². The summed E-state index contributed by atoms with van der Waals surface area (Å²) in [5.41, 5.74) is 0.672. The van der Waals surface area contributed by atoms with Crippen LogP contribution in [0.5, 0.6) is 0 Å². The molecule has 1 atom stereocenters. The van der Waals surface area contributed by atoms with Gasteiger partial charge in [-0.15, -0.1) is 24.0 Å². The molecule has 2 heterocycles. The monoisotopic (exact) mass is 501 g/mol. The number of nitrogens with one attached hydrogen (secondary N) is 1. The molecule has 3 rings (SSSR count). The number of anilines is 1. The van der Waals surface area contributed by atoms with Gasteiger partial charge in [-0.1, -0.05) is 12.1 Å². The number of furan rings is 1. The minimum absolute atomic E-state index is 0. The fraction of sp³-hybridized carbons (Fsp3) is 0.450. The van der Waals surface area contributed by atoms with Crippen LogP contribution in [-0.2, 0) is 0 Å². The van der Waals surface area contributed by atoms with Crippen LogP contribution in [0.3, 0.4) is 0 Å². The number of rotatable bonds is 5. The molecule has 8 heteroatoms. The molecule has 2 aromatic rings. The molecule has 1 aromatic carbocycles. The van der Waals surface area contributed by atoms with Gasteiger partial charge in [-0.05, 0) is 38.4 Å². The molecule has 0 spiro atoms. The molecule has 0 bridgehead atoms. The highest BCUT2D eigenvalue weighted by Gasteiger charge is 2.23. The summed E-state index contributed by atoms with van der Waals surface area (Å²) in [6.45, 7) is 3.80. The van der Waals surface area contributed by atoms with Crippen molar-refractivity contribution in [1.82, 2.24) is 15.1 Å². The van der Waals surface area contributed by atoms with Crippen LogP contribution in [0, 0.1) is 5.82 Å². The molecule has 1 fully saturated rings. The van der Waals surface area contributed by atoms with E-state index in [4.69, 9.17) is 4.42 Å². The molecule has 1 aliphatic heterocycles. The fourth-order valence-corrected chi connectivity index (χ4v) is 3.41. The molecule has 1 aromatic heterocycles. The second-order valence-electron chi connectivity index (χ2n) is 6.85.